The third-order valence-electron chi connectivity index (χ3n) is 6.36. The molecular formula is C26H34N2O5. The van der Waals surface area contributed by atoms with Crippen molar-refractivity contribution in [3.8, 4) is 5.75 Å². The standard InChI is InChI=1S/C26H34N2O5/c1-5-33-26(31)24-17(2)23(18(3)27-24)22(29)16-28(15-19-9-7-6-8-10-19)25(30)20-11-13-21(32-4)14-12-20/h11-14,19,27H,5-10,15-16H2,1-4H3. The molecule has 7 heteroatoms. The average Bonchev–Trinajstić information content (AvgIpc) is 3.13. The second-order valence-corrected chi connectivity index (χ2v) is 8.69. The number of nitrogens with one attached hydrogen (secondary N) is 1. The van der Waals surface area contributed by atoms with E-state index in [9.17, 15) is 14.4 Å². The van der Waals surface area contributed by atoms with E-state index in [-0.39, 0.29) is 30.5 Å². The molecule has 1 amide bonds. The summed E-state index contributed by atoms with van der Waals surface area (Å²) in [7, 11) is 1.58. The number of ether oxygens (including phenoxy) is 2. The Morgan fingerprint density at radius 3 is 2.33 bits per heavy atom. The van der Waals surface area contributed by atoms with Gasteiger partial charge in [0.25, 0.3) is 5.91 Å². The fraction of sp³-hybridized carbons (Fsp3) is 0.500. The number of carbonyl (C=O) groups is 3. The van der Waals surface area contributed by atoms with Crippen LogP contribution in [-0.2, 0) is 4.74 Å². The fourth-order valence-electron chi connectivity index (χ4n) is 4.64. The number of rotatable bonds is 9. The Balaban J connectivity index is 1.85. The van der Waals surface area contributed by atoms with Gasteiger partial charge in [-0.15, -0.1) is 0 Å². The van der Waals surface area contributed by atoms with Gasteiger partial charge in [0.1, 0.15) is 11.4 Å². The maximum Gasteiger partial charge on any atom is 0.355 e. The second-order valence-electron chi connectivity index (χ2n) is 8.69. The van der Waals surface area contributed by atoms with E-state index in [4.69, 9.17) is 9.47 Å². The lowest BCUT2D eigenvalue weighted by Gasteiger charge is -2.29. The van der Waals surface area contributed by atoms with E-state index in [1.807, 2.05) is 0 Å². The monoisotopic (exact) mass is 454 g/mol. The molecule has 0 radical (unpaired) electrons. The maximum absolute atomic E-state index is 13.4. The molecule has 0 saturated heterocycles. The van der Waals surface area contributed by atoms with Gasteiger partial charge in [-0.1, -0.05) is 19.3 Å². The first kappa shape index (κ1) is 24.6. The Morgan fingerprint density at radius 1 is 1.06 bits per heavy atom. The lowest BCUT2D eigenvalue weighted by Crippen LogP contribution is -2.40. The molecule has 0 bridgehead atoms. The second kappa shape index (κ2) is 11.2. The van der Waals surface area contributed by atoms with Crippen molar-refractivity contribution in [2.75, 3.05) is 26.8 Å². The molecule has 1 aliphatic carbocycles. The molecule has 1 N–H and O–H groups in total. The highest BCUT2D eigenvalue weighted by Gasteiger charge is 2.28. The Bertz CT molecular complexity index is 987. The summed E-state index contributed by atoms with van der Waals surface area (Å²) in [6.45, 7) is 6.00. The third-order valence-corrected chi connectivity index (χ3v) is 6.36. The SMILES string of the molecule is CCOC(=O)c1[nH]c(C)c(C(=O)CN(CC2CCCCC2)C(=O)c2ccc(OC)cc2)c1C. The summed E-state index contributed by atoms with van der Waals surface area (Å²) in [6.07, 6.45) is 5.66. The first-order valence-electron chi connectivity index (χ1n) is 11.7. The lowest BCUT2D eigenvalue weighted by atomic mass is 9.88. The van der Waals surface area contributed by atoms with Gasteiger partial charge in [0.15, 0.2) is 5.78 Å². The molecule has 1 heterocycles. The van der Waals surface area contributed by atoms with E-state index in [0.717, 1.165) is 25.7 Å². The first-order valence-corrected chi connectivity index (χ1v) is 11.7. The lowest BCUT2D eigenvalue weighted by molar-refractivity contribution is 0.0519. The van der Waals surface area contributed by atoms with Crippen LogP contribution in [0.25, 0.3) is 0 Å². The van der Waals surface area contributed by atoms with Gasteiger partial charge in [-0.05, 0) is 69.4 Å². The van der Waals surface area contributed by atoms with E-state index in [0.29, 0.717) is 40.6 Å². The molecule has 33 heavy (non-hydrogen) atoms. The van der Waals surface area contributed by atoms with Crippen molar-refractivity contribution in [3.63, 3.8) is 0 Å². The Hall–Kier alpha value is -3.09. The topological polar surface area (TPSA) is 88.7 Å². The quantitative estimate of drug-likeness (QED) is 0.437. The Morgan fingerprint density at radius 2 is 1.73 bits per heavy atom. The van der Waals surface area contributed by atoms with Gasteiger partial charge in [-0.3, -0.25) is 9.59 Å². The molecule has 178 valence electrons. The molecule has 0 atom stereocenters. The number of methoxy groups -OCH3 is 1. The Kier molecular flexibility index (Phi) is 8.31. The van der Waals surface area contributed by atoms with Gasteiger partial charge in [-0.25, -0.2) is 4.79 Å². The van der Waals surface area contributed by atoms with Crippen molar-refractivity contribution >= 4 is 17.7 Å². The summed E-state index contributed by atoms with van der Waals surface area (Å²) in [5.74, 6) is 0.219. The molecule has 0 unspecified atom stereocenters. The summed E-state index contributed by atoms with van der Waals surface area (Å²) in [6, 6.07) is 6.95. The predicted molar refractivity (Wildman–Crippen MR) is 126 cm³/mol. The van der Waals surface area contributed by atoms with Gasteiger partial charge in [-0.2, -0.15) is 0 Å². The van der Waals surface area contributed by atoms with Crippen LogP contribution in [0.1, 0.15) is 81.5 Å². The number of Topliss-reactive ketones (excluding diaryl/α,β-unsaturated/α-hetero) is 1. The number of H-pyrrole nitrogens is 1. The van der Waals surface area contributed by atoms with Crippen LogP contribution in [-0.4, -0.2) is 54.3 Å². The van der Waals surface area contributed by atoms with Crippen LogP contribution in [0.4, 0.5) is 0 Å². The van der Waals surface area contributed by atoms with E-state index >= 15 is 0 Å². The van der Waals surface area contributed by atoms with Crippen LogP contribution in [0.5, 0.6) is 5.75 Å². The summed E-state index contributed by atoms with van der Waals surface area (Å²) < 4.78 is 10.3. The number of ketones is 1. The number of amides is 1. The predicted octanol–water partition coefficient (Wildman–Crippen LogP) is 4.72. The number of nitrogens with zero attached hydrogens (tertiary/aromatic N) is 1. The molecule has 0 spiro atoms. The van der Waals surface area contributed by atoms with Gasteiger partial charge in [0, 0.05) is 23.4 Å². The van der Waals surface area contributed by atoms with Gasteiger partial charge in [0.05, 0.1) is 20.3 Å². The number of esters is 1. The summed E-state index contributed by atoms with van der Waals surface area (Å²) >= 11 is 0. The number of benzene rings is 1. The molecule has 1 aromatic carbocycles. The highest BCUT2D eigenvalue weighted by molar-refractivity contribution is 6.05. The summed E-state index contributed by atoms with van der Waals surface area (Å²) in [4.78, 5) is 43.7. The van der Waals surface area contributed by atoms with Crippen molar-refractivity contribution in [1.82, 2.24) is 9.88 Å². The molecule has 3 rings (SSSR count). The minimum Gasteiger partial charge on any atom is -0.497 e. The molecule has 1 aromatic heterocycles. The number of aryl methyl sites for hydroxylation is 1. The van der Waals surface area contributed by atoms with E-state index < -0.39 is 5.97 Å². The molecule has 7 nitrogen and oxygen atoms in total. The molecule has 2 aromatic rings. The number of aromatic amines is 1. The fourth-order valence-corrected chi connectivity index (χ4v) is 4.64. The van der Waals surface area contributed by atoms with E-state index in [2.05, 4.69) is 4.98 Å². The number of carbonyl (C=O) groups excluding carboxylic acids is 3. The van der Waals surface area contributed by atoms with Gasteiger partial charge >= 0.3 is 5.97 Å². The van der Waals surface area contributed by atoms with Crippen LogP contribution in [0.15, 0.2) is 24.3 Å². The first-order chi connectivity index (χ1) is 15.8. The minimum absolute atomic E-state index is 0.0385. The molecule has 1 aliphatic rings. The maximum atomic E-state index is 13.4. The van der Waals surface area contributed by atoms with Crippen LogP contribution < -0.4 is 4.74 Å². The smallest absolute Gasteiger partial charge is 0.355 e. The summed E-state index contributed by atoms with van der Waals surface area (Å²) in [5, 5.41) is 0. The Labute approximate surface area is 195 Å². The molecular weight excluding hydrogens is 420 g/mol. The highest BCUT2D eigenvalue weighted by Crippen LogP contribution is 2.26. The zero-order valence-corrected chi connectivity index (χ0v) is 20.0. The number of hydrogen-bond donors (Lipinski definition) is 1. The average molecular weight is 455 g/mol. The van der Waals surface area contributed by atoms with Crippen molar-refractivity contribution < 1.29 is 23.9 Å². The van der Waals surface area contributed by atoms with Crippen molar-refractivity contribution in [3.05, 3.63) is 52.3 Å². The van der Waals surface area contributed by atoms with Crippen molar-refractivity contribution in [1.29, 1.82) is 0 Å². The van der Waals surface area contributed by atoms with Crippen LogP contribution in [0.3, 0.4) is 0 Å². The van der Waals surface area contributed by atoms with Crippen molar-refractivity contribution in [2.45, 2.75) is 52.9 Å². The zero-order chi connectivity index (χ0) is 24.0. The highest BCUT2D eigenvalue weighted by atomic mass is 16.5. The van der Waals surface area contributed by atoms with E-state index in [1.165, 1.54) is 6.42 Å². The zero-order valence-electron chi connectivity index (χ0n) is 20.0. The normalized spacial score (nSPS) is 14.1. The molecule has 1 saturated carbocycles. The number of aromatic nitrogens is 1. The van der Waals surface area contributed by atoms with Crippen LogP contribution >= 0.6 is 0 Å². The number of hydrogen-bond acceptors (Lipinski definition) is 5. The van der Waals surface area contributed by atoms with E-state index in [1.54, 1.807) is 57.0 Å². The third kappa shape index (κ3) is 5.83. The summed E-state index contributed by atoms with van der Waals surface area (Å²) in [5.41, 5.74) is 2.43. The largest absolute Gasteiger partial charge is 0.497 e. The minimum atomic E-state index is -0.481. The van der Waals surface area contributed by atoms with Gasteiger partial charge in [0.2, 0.25) is 0 Å². The molecule has 1 fully saturated rings. The molecule has 0 aliphatic heterocycles. The van der Waals surface area contributed by atoms with Crippen molar-refractivity contribution in [2.24, 2.45) is 5.92 Å². The van der Waals surface area contributed by atoms with Crippen LogP contribution in [0.2, 0.25) is 0 Å². The van der Waals surface area contributed by atoms with Gasteiger partial charge < -0.3 is 19.4 Å². The van der Waals surface area contributed by atoms with Crippen LogP contribution in [0, 0.1) is 19.8 Å².